The molecule has 0 aliphatic rings. The number of H-pyrrole nitrogens is 1. The van der Waals surface area contributed by atoms with Gasteiger partial charge in [-0.15, -0.1) is 0 Å². The normalized spacial score (nSPS) is 10.2. The number of carbonyl (C=O) groups excluding carboxylic acids is 1. The second-order valence-electron chi connectivity index (χ2n) is 4.50. The van der Waals surface area contributed by atoms with Crippen LogP contribution >= 0.6 is 0 Å². The van der Waals surface area contributed by atoms with Crippen LogP contribution in [-0.4, -0.2) is 40.0 Å². The summed E-state index contributed by atoms with van der Waals surface area (Å²) in [6, 6.07) is 4.16. The number of aromatic nitrogens is 2. The number of nitrogens with one attached hydrogen (secondary N) is 2. The summed E-state index contributed by atoms with van der Waals surface area (Å²) < 4.78 is 0. The molecule has 8 nitrogen and oxygen atoms in total. The number of aromatic amines is 1. The fourth-order valence-corrected chi connectivity index (χ4v) is 1.96. The molecule has 1 aromatic carbocycles. The molecule has 2 rings (SSSR count). The topological polar surface area (TPSA) is 104 Å². The lowest BCUT2D eigenvalue weighted by Gasteiger charge is -2.18. The van der Waals surface area contributed by atoms with E-state index in [1.54, 1.807) is 26.5 Å². The first-order valence-corrected chi connectivity index (χ1v) is 6.22. The predicted octanol–water partition coefficient (Wildman–Crippen LogP) is 1.63. The molecule has 1 heterocycles. The second-order valence-corrected chi connectivity index (χ2v) is 4.50. The van der Waals surface area contributed by atoms with E-state index in [1.165, 1.54) is 23.1 Å². The zero-order valence-corrected chi connectivity index (χ0v) is 11.7. The minimum Gasteiger partial charge on any atom is -0.387 e. The summed E-state index contributed by atoms with van der Waals surface area (Å²) in [6.07, 6.45) is 3.31. The fourth-order valence-electron chi connectivity index (χ4n) is 1.96. The van der Waals surface area contributed by atoms with Crippen molar-refractivity contribution in [1.82, 2.24) is 15.1 Å². The van der Waals surface area contributed by atoms with Crippen LogP contribution in [0.15, 0.2) is 30.6 Å². The van der Waals surface area contributed by atoms with Crippen LogP contribution in [0.5, 0.6) is 0 Å². The Morgan fingerprint density at radius 1 is 1.52 bits per heavy atom. The van der Waals surface area contributed by atoms with Gasteiger partial charge in [-0.05, 0) is 6.07 Å². The highest BCUT2D eigenvalue weighted by atomic mass is 16.6. The molecule has 1 aromatic heterocycles. The molecule has 0 saturated carbocycles. The average molecular weight is 289 g/mol. The number of non-ortho nitro benzene ring substituents is 1. The Morgan fingerprint density at radius 3 is 2.86 bits per heavy atom. The Balaban J connectivity index is 2.28. The van der Waals surface area contributed by atoms with Crippen molar-refractivity contribution >= 4 is 17.3 Å². The number of carbonyl (C=O) groups is 1. The summed E-state index contributed by atoms with van der Waals surface area (Å²) in [5.74, 6) is -0.302. The smallest absolute Gasteiger partial charge is 0.270 e. The van der Waals surface area contributed by atoms with Crippen molar-refractivity contribution in [3.05, 3.63) is 51.8 Å². The molecule has 8 heteroatoms. The highest BCUT2D eigenvalue weighted by Crippen LogP contribution is 2.23. The Morgan fingerprint density at radius 2 is 2.29 bits per heavy atom. The van der Waals surface area contributed by atoms with Crippen LogP contribution in [0.25, 0.3) is 0 Å². The largest absolute Gasteiger partial charge is 0.387 e. The molecule has 0 unspecified atom stereocenters. The van der Waals surface area contributed by atoms with Gasteiger partial charge in [0.15, 0.2) is 0 Å². The molecule has 0 spiro atoms. The molecule has 0 aliphatic carbocycles. The van der Waals surface area contributed by atoms with Crippen molar-refractivity contribution < 1.29 is 9.72 Å². The number of amides is 1. The summed E-state index contributed by atoms with van der Waals surface area (Å²) in [4.78, 5) is 24.3. The van der Waals surface area contributed by atoms with E-state index in [2.05, 4.69) is 15.5 Å². The fraction of sp³-hybridized carbons (Fsp3) is 0.231. The zero-order valence-electron chi connectivity index (χ0n) is 11.7. The van der Waals surface area contributed by atoms with Crippen molar-refractivity contribution in [2.45, 2.75) is 6.54 Å². The SMILES string of the molecule is CNc1ccc([N+](=O)[O-])cc1C(=O)N(C)Cc1cn[nH]c1. The number of hydrogen-bond acceptors (Lipinski definition) is 5. The molecule has 0 saturated heterocycles. The van der Waals surface area contributed by atoms with E-state index in [9.17, 15) is 14.9 Å². The van der Waals surface area contributed by atoms with Crippen LogP contribution in [-0.2, 0) is 6.54 Å². The summed E-state index contributed by atoms with van der Waals surface area (Å²) in [5, 5.41) is 20.2. The van der Waals surface area contributed by atoms with Gasteiger partial charge in [0.25, 0.3) is 11.6 Å². The molecule has 0 atom stereocenters. The van der Waals surface area contributed by atoms with E-state index >= 15 is 0 Å². The molecule has 1 amide bonds. The molecule has 110 valence electrons. The van der Waals surface area contributed by atoms with Crippen LogP contribution in [0.4, 0.5) is 11.4 Å². The monoisotopic (exact) mass is 289 g/mol. The lowest BCUT2D eigenvalue weighted by Crippen LogP contribution is -2.26. The van der Waals surface area contributed by atoms with Crippen molar-refractivity contribution in [3.63, 3.8) is 0 Å². The number of nitro groups is 1. The van der Waals surface area contributed by atoms with E-state index in [0.29, 0.717) is 12.2 Å². The summed E-state index contributed by atoms with van der Waals surface area (Å²) in [7, 11) is 3.29. The Hall–Kier alpha value is -2.90. The first kappa shape index (κ1) is 14.5. The van der Waals surface area contributed by atoms with Crippen LogP contribution in [0.1, 0.15) is 15.9 Å². The maximum atomic E-state index is 12.5. The average Bonchev–Trinajstić information content (AvgIpc) is 2.98. The molecule has 0 bridgehead atoms. The van der Waals surface area contributed by atoms with Crippen molar-refractivity contribution in [1.29, 1.82) is 0 Å². The first-order chi connectivity index (χ1) is 10.0. The summed E-state index contributed by atoms with van der Waals surface area (Å²) in [5.41, 5.74) is 1.54. The zero-order chi connectivity index (χ0) is 15.4. The minimum absolute atomic E-state index is 0.117. The van der Waals surface area contributed by atoms with E-state index in [4.69, 9.17) is 0 Å². The maximum Gasteiger partial charge on any atom is 0.270 e. The second kappa shape index (κ2) is 6.04. The Bertz CT molecular complexity index is 654. The minimum atomic E-state index is -0.522. The lowest BCUT2D eigenvalue weighted by atomic mass is 10.1. The molecule has 0 radical (unpaired) electrons. The number of anilines is 1. The van der Waals surface area contributed by atoms with Gasteiger partial charge in [0.05, 0.1) is 16.7 Å². The summed E-state index contributed by atoms with van der Waals surface area (Å²) in [6.45, 7) is 0.362. The lowest BCUT2D eigenvalue weighted by molar-refractivity contribution is -0.384. The van der Waals surface area contributed by atoms with Crippen molar-refractivity contribution in [2.75, 3.05) is 19.4 Å². The third kappa shape index (κ3) is 3.16. The van der Waals surface area contributed by atoms with Gasteiger partial charge in [0.1, 0.15) is 0 Å². The first-order valence-electron chi connectivity index (χ1n) is 6.22. The standard InChI is InChI=1S/C13H15N5O3/c1-14-12-4-3-10(18(20)21)5-11(12)13(19)17(2)8-9-6-15-16-7-9/h3-7,14H,8H2,1-2H3,(H,15,16). The van der Waals surface area contributed by atoms with Crippen molar-refractivity contribution in [3.8, 4) is 0 Å². The van der Waals surface area contributed by atoms with E-state index in [0.717, 1.165) is 5.56 Å². The quantitative estimate of drug-likeness (QED) is 0.643. The predicted molar refractivity (Wildman–Crippen MR) is 77.0 cm³/mol. The van der Waals surface area contributed by atoms with Gasteiger partial charge in [-0.3, -0.25) is 20.0 Å². The molecular formula is C13H15N5O3. The van der Waals surface area contributed by atoms with Gasteiger partial charge in [0.2, 0.25) is 0 Å². The van der Waals surface area contributed by atoms with Gasteiger partial charge >= 0.3 is 0 Å². The van der Waals surface area contributed by atoms with E-state index < -0.39 is 4.92 Å². The molecule has 0 aliphatic heterocycles. The maximum absolute atomic E-state index is 12.5. The molecule has 0 fully saturated rings. The number of nitrogens with zero attached hydrogens (tertiary/aromatic N) is 3. The number of nitro benzene ring substituents is 1. The summed E-state index contributed by atoms with van der Waals surface area (Å²) >= 11 is 0. The molecule has 2 N–H and O–H groups in total. The third-order valence-corrected chi connectivity index (χ3v) is 3.04. The van der Waals surface area contributed by atoms with Gasteiger partial charge in [0, 0.05) is 50.2 Å². The Kier molecular flexibility index (Phi) is 4.17. The number of benzene rings is 1. The van der Waals surface area contributed by atoms with Crippen LogP contribution in [0.2, 0.25) is 0 Å². The number of rotatable bonds is 5. The van der Waals surface area contributed by atoms with Crippen molar-refractivity contribution in [2.24, 2.45) is 0 Å². The highest BCUT2D eigenvalue weighted by Gasteiger charge is 2.19. The van der Waals surface area contributed by atoms with Crippen LogP contribution in [0.3, 0.4) is 0 Å². The van der Waals surface area contributed by atoms with Gasteiger partial charge in [-0.25, -0.2) is 0 Å². The van der Waals surface area contributed by atoms with Gasteiger partial charge in [-0.1, -0.05) is 0 Å². The van der Waals surface area contributed by atoms with E-state index in [1.807, 2.05) is 0 Å². The molecular weight excluding hydrogens is 274 g/mol. The van der Waals surface area contributed by atoms with E-state index in [-0.39, 0.29) is 17.2 Å². The number of hydrogen-bond donors (Lipinski definition) is 2. The molecule has 21 heavy (non-hydrogen) atoms. The highest BCUT2D eigenvalue weighted by molar-refractivity contribution is 6.00. The molecule has 2 aromatic rings. The third-order valence-electron chi connectivity index (χ3n) is 3.04. The van der Waals surface area contributed by atoms with Gasteiger partial charge < -0.3 is 10.2 Å². The Labute approximate surface area is 120 Å². The van der Waals surface area contributed by atoms with Crippen LogP contribution < -0.4 is 5.32 Å². The van der Waals surface area contributed by atoms with Crippen LogP contribution in [0, 0.1) is 10.1 Å². The van der Waals surface area contributed by atoms with Gasteiger partial charge in [-0.2, -0.15) is 5.10 Å².